The van der Waals surface area contributed by atoms with Crippen LogP contribution in [0.25, 0.3) is 0 Å². The molecule has 5 nitrogen and oxygen atoms in total. The molecule has 0 saturated carbocycles. The van der Waals surface area contributed by atoms with Crippen LogP contribution >= 0.6 is 0 Å². The van der Waals surface area contributed by atoms with E-state index >= 15 is 0 Å². The zero-order valence-electron chi connectivity index (χ0n) is 12.7. The predicted molar refractivity (Wildman–Crippen MR) is 76.7 cm³/mol. The molecule has 3 fully saturated rings. The van der Waals surface area contributed by atoms with E-state index in [1.165, 1.54) is 0 Å². The van der Waals surface area contributed by atoms with Crippen LogP contribution in [-0.4, -0.2) is 30.6 Å². The highest BCUT2D eigenvalue weighted by atomic mass is 16.8. The number of ether oxygens (including phenoxy) is 4. The molecule has 1 aromatic rings. The third kappa shape index (κ3) is 2.00. The molecule has 6 atom stereocenters. The Kier molecular flexibility index (Phi) is 3.25. The molecular formula is C17H20O5. The van der Waals surface area contributed by atoms with Crippen LogP contribution in [0.1, 0.15) is 32.3 Å². The van der Waals surface area contributed by atoms with Crippen molar-refractivity contribution in [2.45, 2.75) is 57.1 Å². The van der Waals surface area contributed by atoms with Gasteiger partial charge in [0.05, 0.1) is 5.92 Å². The van der Waals surface area contributed by atoms with Crippen LogP contribution in [0.15, 0.2) is 30.3 Å². The van der Waals surface area contributed by atoms with E-state index in [4.69, 9.17) is 18.9 Å². The lowest BCUT2D eigenvalue weighted by atomic mass is 9.96. The first kappa shape index (κ1) is 14.2. The van der Waals surface area contributed by atoms with Crippen molar-refractivity contribution in [2.75, 3.05) is 0 Å². The molecule has 1 aromatic carbocycles. The van der Waals surface area contributed by atoms with Gasteiger partial charge in [0, 0.05) is 5.56 Å². The Bertz CT molecular complexity index is 574. The number of hydrogen-bond acceptors (Lipinski definition) is 5. The quantitative estimate of drug-likeness (QED) is 0.802. The van der Waals surface area contributed by atoms with Gasteiger partial charge in [-0.15, -0.1) is 0 Å². The summed E-state index contributed by atoms with van der Waals surface area (Å²) in [6.45, 7) is 3.93. The van der Waals surface area contributed by atoms with Crippen molar-refractivity contribution in [3.05, 3.63) is 35.9 Å². The van der Waals surface area contributed by atoms with E-state index in [1.54, 1.807) is 0 Å². The van der Waals surface area contributed by atoms with Crippen LogP contribution in [0.2, 0.25) is 0 Å². The van der Waals surface area contributed by atoms with Crippen LogP contribution in [0.5, 0.6) is 0 Å². The van der Waals surface area contributed by atoms with Gasteiger partial charge < -0.3 is 18.9 Å². The fraction of sp³-hybridized carbons (Fsp3) is 0.588. The van der Waals surface area contributed by atoms with Crippen LogP contribution in [0.4, 0.5) is 0 Å². The molecule has 3 aliphatic rings. The van der Waals surface area contributed by atoms with Gasteiger partial charge in [-0.25, -0.2) is 0 Å². The number of esters is 1. The van der Waals surface area contributed by atoms with Gasteiger partial charge in [0.15, 0.2) is 24.3 Å². The van der Waals surface area contributed by atoms with Gasteiger partial charge >= 0.3 is 5.97 Å². The normalized spacial score (nSPS) is 43.0. The number of carbonyl (C=O) groups is 1. The first-order valence-corrected chi connectivity index (χ1v) is 7.89. The summed E-state index contributed by atoms with van der Waals surface area (Å²) in [5, 5.41) is 0. The summed E-state index contributed by atoms with van der Waals surface area (Å²) in [5.41, 5.74) is 0.930. The van der Waals surface area contributed by atoms with Crippen LogP contribution in [-0.2, 0) is 29.5 Å². The van der Waals surface area contributed by atoms with Crippen molar-refractivity contribution in [3.63, 3.8) is 0 Å². The maximum atomic E-state index is 12.0. The molecule has 118 valence electrons. The topological polar surface area (TPSA) is 54.0 Å². The SMILES string of the molecule is CCCC1C(=O)OC2C3OC(C)(c4ccccc4)OC3OC12. The minimum absolute atomic E-state index is 0.174. The molecule has 3 saturated heterocycles. The molecule has 0 spiro atoms. The summed E-state index contributed by atoms with van der Waals surface area (Å²) in [7, 11) is 0. The zero-order chi connectivity index (χ0) is 15.3. The first-order valence-electron chi connectivity index (χ1n) is 7.89. The summed E-state index contributed by atoms with van der Waals surface area (Å²) >= 11 is 0. The van der Waals surface area contributed by atoms with Gasteiger partial charge in [0.25, 0.3) is 0 Å². The molecule has 6 unspecified atom stereocenters. The molecule has 0 amide bonds. The lowest BCUT2D eigenvalue weighted by Gasteiger charge is -2.26. The molecular weight excluding hydrogens is 284 g/mol. The van der Waals surface area contributed by atoms with Crippen molar-refractivity contribution in [2.24, 2.45) is 5.92 Å². The van der Waals surface area contributed by atoms with E-state index in [2.05, 4.69) is 6.92 Å². The molecule has 3 aliphatic heterocycles. The summed E-state index contributed by atoms with van der Waals surface area (Å²) in [4.78, 5) is 12.0. The highest BCUT2D eigenvalue weighted by molar-refractivity contribution is 5.76. The molecule has 0 aliphatic carbocycles. The largest absolute Gasteiger partial charge is 0.456 e. The summed E-state index contributed by atoms with van der Waals surface area (Å²) in [6, 6.07) is 9.75. The first-order chi connectivity index (χ1) is 10.6. The third-order valence-corrected chi connectivity index (χ3v) is 4.76. The molecule has 5 heteroatoms. The Morgan fingerprint density at radius 1 is 1.09 bits per heavy atom. The summed E-state index contributed by atoms with van der Waals surface area (Å²) in [6.07, 6.45) is 0.247. The Balaban J connectivity index is 1.55. The van der Waals surface area contributed by atoms with E-state index in [0.29, 0.717) is 0 Å². The Morgan fingerprint density at radius 3 is 2.59 bits per heavy atom. The van der Waals surface area contributed by atoms with Crippen molar-refractivity contribution in [1.29, 1.82) is 0 Å². The average molecular weight is 304 g/mol. The van der Waals surface area contributed by atoms with Crippen LogP contribution < -0.4 is 0 Å². The van der Waals surface area contributed by atoms with Crippen molar-refractivity contribution in [3.8, 4) is 0 Å². The maximum absolute atomic E-state index is 12.0. The second kappa shape index (κ2) is 5.05. The van der Waals surface area contributed by atoms with Gasteiger partial charge in [-0.2, -0.15) is 0 Å². The van der Waals surface area contributed by atoms with Gasteiger partial charge in [-0.05, 0) is 13.3 Å². The van der Waals surface area contributed by atoms with Gasteiger partial charge in [-0.3, -0.25) is 4.79 Å². The highest BCUT2D eigenvalue weighted by Crippen LogP contribution is 2.48. The number of carbonyl (C=O) groups excluding carboxylic acids is 1. The molecule has 0 bridgehead atoms. The van der Waals surface area contributed by atoms with E-state index in [9.17, 15) is 4.79 Å². The summed E-state index contributed by atoms with van der Waals surface area (Å²) in [5.74, 6) is -1.24. The van der Waals surface area contributed by atoms with Gasteiger partial charge in [0.2, 0.25) is 0 Å². The second-order valence-corrected chi connectivity index (χ2v) is 6.28. The average Bonchev–Trinajstić information content (AvgIpc) is 3.11. The number of rotatable bonds is 3. The van der Waals surface area contributed by atoms with E-state index < -0.39 is 12.1 Å². The molecule has 22 heavy (non-hydrogen) atoms. The molecule has 3 heterocycles. The van der Waals surface area contributed by atoms with E-state index in [-0.39, 0.29) is 30.2 Å². The molecule has 0 radical (unpaired) electrons. The van der Waals surface area contributed by atoms with Crippen LogP contribution in [0.3, 0.4) is 0 Å². The predicted octanol–water partition coefficient (Wildman–Crippen LogP) is 2.34. The van der Waals surface area contributed by atoms with Crippen molar-refractivity contribution < 1.29 is 23.7 Å². The van der Waals surface area contributed by atoms with Crippen LogP contribution in [0, 0.1) is 5.92 Å². The fourth-order valence-corrected chi connectivity index (χ4v) is 3.66. The Labute approximate surface area is 129 Å². The van der Waals surface area contributed by atoms with E-state index in [0.717, 1.165) is 18.4 Å². The fourth-order valence-electron chi connectivity index (χ4n) is 3.66. The van der Waals surface area contributed by atoms with Gasteiger partial charge in [-0.1, -0.05) is 43.7 Å². The number of fused-ring (bicyclic) bond motifs is 3. The lowest BCUT2D eigenvalue weighted by molar-refractivity contribution is -0.229. The minimum Gasteiger partial charge on any atom is -0.456 e. The maximum Gasteiger partial charge on any atom is 0.312 e. The standard InChI is InChI=1S/C17H20O5/c1-3-7-11-12-13(19-15(11)18)14-16(20-12)22-17(2,21-14)10-8-5-4-6-9-10/h4-6,8-9,11-14,16H,3,7H2,1-2H3. The summed E-state index contributed by atoms with van der Waals surface area (Å²) < 4.78 is 23.6. The van der Waals surface area contributed by atoms with Crippen molar-refractivity contribution >= 4 is 5.97 Å². The zero-order valence-corrected chi connectivity index (χ0v) is 12.7. The minimum atomic E-state index is -0.864. The molecule has 4 rings (SSSR count). The van der Waals surface area contributed by atoms with Gasteiger partial charge in [0.1, 0.15) is 6.10 Å². The second-order valence-electron chi connectivity index (χ2n) is 6.28. The number of hydrogen-bond donors (Lipinski definition) is 0. The monoisotopic (exact) mass is 304 g/mol. The smallest absolute Gasteiger partial charge is 0.312 e. The third-order valence-electron chi connectivity index (χ3n) is 4.76. The number of benzene rings is 1. The Morgan fingerprint density at radius 2 is 1.86 bits per heavy atom. The lowest BCUT2D eigenvalue weighted by Crippen LogP contribution is -2.34. The Hall–Kier alpha value is -1.43. The van der Waals surface area contributed by atoms with E-state index in [1.807, 2.05) is 37.3 Å². The molecule has 0 N–H and O–H groups in total. The highest BCUT2D eigenvalue weighted by Gasteiger charge is 2.63. The molecule has 0 aromatic heterocycles. The van der Waals surface area contributed by atoms with Crippen molar-refractivity contribution in [1.82, 2.24) is 0 Å².